The van der Waals surface area contributed by atoms with Crippen LogP contribution in [0, 0.1) is 6.92 Å². The molecule has 0 atom stereocenters. The highest BCUT2D eigenvalue weighted by molar-refractivity contribution is 7.88. The Labute approximate surface area is 107 Å². The van der Waals surface area contributed by atoms with Crippen LogP contribution < -0.4 is 10.0 Å². The summed E-state index contributed by atoms with van der Waals surface area (Å²) in [5, 5.41) is 3.84. The molecule has 0 heterocycles. The molecule has 0 fully saturated rings. The van der Waals surface area contributed by atoms with Crippen molar-refractivity contribution in [3.63, 3.8) is 0 Å². The summed E-state index contributed by atoms with van der Waals surface area (Å²) < 4.78 is 24.0. The Morgan fingerprint density at radius 3 is 2.59 bits per heavy atom. The molecule has 2 N–H and O–H groups in total. The molecule has 1 aromatic rings. The molecule has 0 saturated carbocycles. The Balaban J connectivity index is 2.32. The normalized spacial score (nSPS) is 11.5. The van der Waals surface area contributed by atoms with Crippen LogP contribution in [-0.4, -0.2) is 27.8 Å². The zero-order valence-electron chi connectivity index (χ0n) is 9.96. The SMILES string of the molecule is Cc1ccc(NCCCNS(C)(=O)=O)c(Cl)c1. The number of aryl methyl sites for hydroxylation is 1. The van der Waals surface area contributed by atoms with Crippen LogP contribution in [-0.2, 0) is 10.0 Å². The summed E-state index contributed by atoms with van der Waals surface area (Å²) in [4.78, 5) is 0. The van der Waals surface area contributed by atoms with Gasteiger partial charge in [-0.05, 0) is 31.0 Å². The minimum atomic E-state index is -3.09. The molecule has 0 aliphatic heterocycles. The van der Waals surface area contributed by atoms with E-state index in [2.05, 4.69) is 10.0 Å². The van der Waals surface area contributed by atoms with Gasteiger partial charge in [0.05, 0.1) is 17.0 Å². The summed E-state index contributed by atoms with van der Waals surface area (Å²) >= 11 is 6.04. The Morgan fingerprint density at radius 2 is 2.00 bits per heavy atom. The van der Waals surface area contributed by atoms with E-state index in [9.17, 15) is 8.42 Å². The van der Waals surface area contributed by atoms with Crippen molar-refractivity contribution < 1.29 is 8.42 Å². The standard InChI is InChI=1S/C11H17ClN2O2S/c1-9-4-5-11(10(12)8-9)13-6-3-7-14-17(2,15)16/h4-5,8,13-14H,3,6-7H2,1-2H3. The van der Waals surface area contributed by atoms with Crippen molar-refractivity contribution in [2.75, 3.05) is 24.7 Å². The topological polar surface area (TPSA) is 58.2 Å². The monoisotopic (exact) mass is 276 g/mol. The summed E-state index contributed by atoms with van der Waals surface area (Å²) in [7, 11) is -3.09. The second-order valence-electron chi connectivity index (χ2n) is 3.93. The van der Waals surface area contributed by atoms with Gasteiger partial charge in [-0.2, -0.15) is 0 Å². The van der Waals surface area contributed by atoms with Gasteiger partial charge in [-0.15, -0.1) is 0 Å². The lowest BCUT2D eigenvalue weighted by molar-refractivity contribution is 0.586. The molecular weight excluding hydrogens is 260 g/mol. The van der Waals surface area contributed by atoms with Crippen molar-refractivity contribution in [2.24, 2.45) is 0 Å². The van der Waals surface area contributed by atoms with E-state index in [1.807, 2.05) is 25.1 Å². The maximum atomic E-state index is 10.8. The maximum absolute atomic E-state index is 10.8. The molecule has 0 bridgehead atoms. The molecular formula is C11H17ClN2O2S. The highest BCUT2D eigenvalue weighted by atomic mass is 35.5. The third kappa shape index (κ3) is 5.91. The van der Waals surface area contributed by atoms with E-state index in [0.29, 0.717) is 24.5 Å². The lowest BCUT2D eigenvalue weighted by Gasteiger charge is -2.09. The van der Waals surface area contributed by atoms with Crippen molar-refractivity contribution in [2.45, 2.75) is 13.3 Å². The van der Waals surface area contributed by atoms with Gasteiger partial charge in [0, 0.05) is 13.1 Å². The number of sulfonamides is 1. The minimum absolute atomic E-state index is 0.426. The molecule has 1 aromatic carbocycles. The Bertz CT molecular complexity index is 474. The van der Waals surface area contributed by atoms with Crippen LogP contribution in [0.5, 0.6) is 0 Å². The van der Waals surface area contributed by atoms with Gasteiger partial charge in [-0.1, -0.05) is 17.7 Å². The Kier molecular flexibility index (Phi) is 5.24. The number of anilines is 1. The van der Waals surface area contributed by atoms with Gasteiger partial charge in [-0.25, -0.2) is 13.1 Å². The molecule has 17 heavy (non-hydrogen) atoms. The third-order valence-corrected chi connectivity index (χ3v) is 3.20. The van der Waals surface area contributed by atoms with Crippen LogP contribution in [0.25, 0.3) is 0 Å². The summed E-state index contributed by atoms with van der Waals surface area (Å²) in [5.41, 5.74) is 1.98. The number of rotatable bonds is 6. The predicted octanol–water partition coefficient (Wildman–Crippen LogP) is 2.00. The molecule has 0 spiro atoms. The summed E-state index contributed by atoms with van der Waals surface area (Å²) in [6, 6.07) is 5.78. The quantitative estimate of drug-likeness (QED) is 0.782. The lowest BCUT2D eigenvalue weighted by Crippen LogP contribution is -2.24. The predicted molar refractivity (Wildman–Crippen MR) is 72.1 cm³/mol. The Morgan fingerprint density at radius 1 is 1.29 bits per heavy atom. The van der Waals surface area contributed by atoms with Crippen LogP contribution in [0.2, 0.25) is 5.02 Å². The molecule has 6 heteroatoms. The fraction of sp³-hybridized carbons (Fsp3) is 0.455. The van der Waals surface area contributed by atoms with Crippen LogP contribution in [0.3, 0.4) is 0 Å². The molecule has 0 aliphatic carbocycles. The van der Waals surface area contributed by atoms with E-state index < -0.39 is 10.0 Å². The minimum Gasteiger partial charge on any atom is -0.384 e. The van der Waals surface area contributed by atoms with Crippen LogP contribution in [0.4, 0.5) is 5.69 Å². The first-order valence-corrected chi connectivity index (χ1v) is 7.60. The zero-order valence-corrected chi connectivity index (χ0v) is 11.5. The number of hydrogen-bond donors (Lipinski definition) is 2. The molecule has 4 nitrogen and oxygen atoms in total. The molecule has 1 rings (SSSR count). The molecule has 0 aromatic heterocycles. The largest absolute Gasteiger partial charge is 0.384 e. The molecule has 0 radical (unpaired) electrons. The summed E-state index contributed by atoms with van der Waals surface area (Å²) in [5.74, 6) is 0. The van der Waals surface area contributed by atoms with Gasteiger partial charge in [0.25, 0.3) is 0 Å². The van der Waals surface area contributed by atoms with Crippen molar-refractivity contribution in [3.05, 3.63) is 28.8 Å². The Hall–Kier alpha value is -0.780. The van der Waals surface area contributed by atoms with Crippen molar-refractivity contribution in [1.29, 1.82) is 0 Å². The number of nitrogens with one attached hydrogen (secondary N) is 2. The van der Waals surface area contributed by atoms with E-state index in [4.69, 9.17) is 11.6 Å². The van der Waals surface area contributed by atoms with Crippen LogP contribution in [0.15, 0.2) is 18.2 Å². The van der Waals surface area contributed by atoms with Gasteiger partial charge < -0.3 is 5.32 Å². The maximum Gasteiger partial charge on any atom is 0.208 e. The van der Waals surface area contributed by atoms with E-state index in [-0.39, 0.29) is 0 Å². The van der Waals surface area contributed by atoms with Crippen molar-refractivity contribution in [1.82, 2.24) is 4.72 Å². The average molecular weight is 277 g/mol. The van der Waals surface area contributed by atoms with Crippen LogP contribution >= 0.6 is 11.6 Å². The van der Waals surface area contributed by atoms with Gasteiger partial charge >= 0.3 is 0 Å². The molecule has 0 saturated heterocycles. The van der Waals surface area contributed by atoms with Crippen molar-refractivity contribution in [3.8, 4) is 0 Å². The molecule has 0 amide bonds. The van der Waals surface area contributed by atoms with Gasteiger partial charge in [0.15, 0.2) is 0 Å². The lowest BCUT2D eigenvalue weighted by atomic mass is 10.2. The van der Waals surface area contributed by atoms with E-state index in [1.54, 1.807) is 0 Å². The highest BCUT2D eigenvalue weighted by Crippen LogP contribution is 2.22. The van der Waals surface area contributed by atoms with E-state index >= 15 is 0 Å². The first kappa shape index (κ1) is 14.3. The fourth-order valence-corrected chi connectivity index (χ4v) is 2.15. The van der Waals surface area contributed by atoms with Gasteiger partial charge in [0.1, 0.15) is 0 Å². The smallest absolute Gasteiger partial charge is 0.208 e. The number of halogens is 1. The number of benzene rings is 1. The highest BCUT2D eigenvalue weighted by Gasteiger charge is 2.01. The molecule has 0 aliphatic rings. The summed E-state index contributed by atoms with van der Waals surface area (Å²) in [6.45, 7) is 3.08. The molecule has 96 valence electrons. The first-order valence-electron chi connectivity index (χ1n) is 5.33. The van der Waals surface area contributed by atoms with Crippen LogP contribution in [0.1, 0.15) is 12.0 Å². The first-order chi connectivity index (χ1) is 7.88. The second-order valence-corrected chi connectivity index (χ2v) is 6.17. The summed E-state index contributed by atoms with van der Waals surface area (Å²) in [6.07, 6.45) is 1.86. The fourth-order valence-electron chi connectivity index (χ4n) is 1.33. The zero-order chi connectivity index (χ0) is 12.9. The van der Waals surface area contributed by atoms with Gasteiger partial charge in [0.2, 0.25) is 10.0 Å². The second kappa shape index (κ2) is 6.23. The average Bonchev–Trinajstić information content (AvgIpc) is 2.18. The third-order valence-electron chi connectivity index (χ3n) is 2.16. The number of hydrogen-bond acceptors (Lipinski definition) is 3. The van der Waals surface area contributed by atoms with Gasteiger partial charge in [-0.3, -0.25) is 0 Å². The van der Waals surface area contributed by atoms with Crippen molar-refractivity contribution >= 4 is 27.3 Å². The van der Waals surface area contributed by atoms with E-state index in [1.165, 1.54) is 0 Å². The van der Waals surface area contributed by atoms with E-state index in [0.717, 1.165) is 17.5 Å². The molecule has 0 unspecified atom stereocenters.